The van der Waals surface area contributed by atoms with Crippen molar-refractivity contribution in [2.24, 2.45) is 46.3 Å². The number of fused-ring (bicyclic) bond motifs is 5. The molecule has 8 nitrogen and oxygen atoms in total. The van der Waals surface area contributed by atoms with Gasteiger partial charge in [0, 0.05) is 27.5 Å². The molecule has 4 fully saturated rings. The van der Waals surface area contributed by atoms with Crippen LogP contribution in [0.25, 0.3) is 11.2 Å². The minimum Gasteiger partial charge on any atom is -0.676 e. The number of hydroxylamine groups is 1. The molecule has 5 rings (SSSR count). The molecule has 0 aromatic rings. The zero-order valence-electron chi connectivity index (χ0n) is 32.3. The van der Waals surface area contributed by atoms with Crippen molar-refractivity contribution in [1.82, 2.24) is 0 Å². The van der Waals surface area contributed by atoms with Crippen LogP contribution in [0.5, 0.6) is 0 Å². The van der Waals surface area contributed by atoms with Gasteiger partial charge in [0.05, 0.1) is 31.8 Å². The molecule has 1 N–H and O–H groups in total. The summed E-state index contributed by atoms with van der Waals surface area (Å²) in [5.74, 6) is 2.08. The number of carboxylic acid groups (broad SMARTS) is 1. The van der Waals surface area contributed by atoms with Gasteiger partial charge in [0.2, 0.25) is 0 Å². The molecule has 0 bridgehead atoms. The summed E-state index contributed by atoms with van der Waals surface area (Å²) in [6, 6.07) is -0.685. The summed E-state index contributed by atoms with van der Waals surface area (Å²) in [5.41, 5.74) is 16.0. The number of rotatable bonds is 15. The van der Waals surface area contributed by atoms with Gasteiger partial charge in [-0.05, 0) is 91.3 Å². The molecule has 0 aromatic carbocycles. The Hall–Kier alpha value is -1.31. The molecule has 0 heterocycles. The number of carboxylic acids is 1. The van der Waals surface area contributed by atoms with Crippen LogP contribution in [-0.2, 0) is 40.2 Å². The third-order valence-electron chi connectivity index (χ3n) is 14.1. The van der Waals surface area contributed by atoms with Crippen LogP contribution in [0.1, 0.15) is 119 Å². The Morgan fingerprint density at radius 1 is 1.02 bits per heavy atom. The van der Waals surface area contributed by atoms with Gasteiger partial charge < -0.3 is 35.2 Å². The molecule has 9 heteroatoms. The van der Waals surface area contributed by atoms with E-state index in [4.69, 9.17) is 15.3 Å². The van der Waals surface area contributed by atoms with Gasteiger partial charge in [-0.25, -0.2) is 4.79 Å². The van der Waals surface area contributed by atoms with Crippen LogP contribution in [0.2, 0.25) is 0 Å². The van der Waals surface area contributed by atoms with Gasteiger partial charge in [-0.2, -0.15) is 6.04 Å². The van der Waals surface area contributed by atoms with Gasteiger partial charge in [-0.3, -0.25) is 0 Å². The molecule has 51 heavy (non-hydrogen) atoms. The fourth-order valence-corrected chi connectivity index (χ4v) is 10.5. The van der Waals surface area contributed by atoms with Gasteiger partial charge in [0.25, 0.3) is 0 Å². The van der Waals surface area contributed by atoms with E-state index in [0.717, 1.165) is 50.9 Å². The Morgan fingerprint density at radius 2 is 1.76 bits per heavy atom. The van der Waals surface area contributed by atoms with E-state index in [1.165, 1.54) is 31.3 Å². The first-order chi connectivity index (χ1) is 23.6. The Morgan fingerprint density at radius 3 is 2.47 bits per heavy atom. The van der Waals surface area contributed by atoms with Crippen molar-refractivity contribution >= 4 is 11.9 Å². The normalized spacial score (nSPS) is 35.7. The van der Waals surface area contributed by atoms with E-state index in [2.05, 4.69) is 78.4 Å². The van der Waals surface area contributed by atoms with E-state index < -0.39 is 18.5 Å². The van der Waals surface area contributed by atoms with E-state index in [9.17, 15) is 14.7 Å². The third-order valence-corrected chi connectivity index (χ3v) is 14.1. The fourth-order valence-electron chi connectivity index (χ4n) is 10.5. The van der Waals surface area contributed by atoms with Crippen LogP contribution in [0.3, 0.4) is 0 Å². The summed E-state index contributed by atoms with van der Waals surface area (Å²) in [5, 5.41) is 11.6. The fraction of sp³-hybridized carbons (Fsp3) is 0.786. The van der Waals surface area contributed by atoms with Crippen molar-refractivity contribution in [3.8, 4) is 0 Å². The summed E-state index contributed by atoms with van der Waals surface area (Å²) >= 11 is 0. The predicted molar refractivity (Wildman–Crippen MR) is 197 cm³/mol. The SMILES string of the molecule is [CH2-][N+](CCCO[C@H]1CC[C@]2(C)C(=CC=C3C4CC[C@H]([C@H](C)/C=C/[C@H](C)C(C)C)[C@@]4(C)CCC32)C1)(CC(=O)[O-])CC(=O)O[N-][C@@H]1CCCC[C@H]1[NH-].[Pt]. The minimum absolute atomic E-state index is 0. The number of hydrogen-bond acceptors (Lipinski definition) is 5. The van der Waals surface area contributed by atoms with Crippen LogP contribution in [0.4, 0.5) is 0 Å². The van der Waals surface area contributed by atoms with Gasteiger partial charge >= 0.3 is 5.97 Å². The summed E-state index contributed by atoms with van der Waals surface area (Å²) in [6.45, 7) is 14.8. The average Bonchev–Trinajstić information content (AvgIpc) is 3.42. The van der Waals surface area contributed by atoms with Gasteiger partial charge in [0.1, 0.15) is 0 Å². The van der Waals surface area contributed by atoms with Crippen molar-refractivity contribution in [1.29, 1.82) is 0 Å². The maximum absolute atomic E-state index is 12.6. The van der Waals surface area contributed by atoms with Crippen LogP contribution in [0.15, 0.2) is 35.5 Å². The van der Waals surface area contributed by atoms with E-state index in [0.29, 0.717) is 54.6 Å². The first-order valence-electron chi connectivity index (χ1n) is 19.9. The molecule has 0 spiro atoms. The van der Waals surface area contributed by atoms with E-state index in [-0.39, 0.29) is 55.7 Å². The van der Waals surface area contributed by atoms with Crippen molar-refractivity contribution in [2.75, 3.05) is 26.2 Å². The van der Waals surface area contributed by atoms with Crippen molar-refractivity contribution in [3.63, 3.8) is 0 Å². The van der Waals surface area contributed by atoms with Crippen LogP contribution in [0, 0.1) is 53.4 Å². The molecule has 0 amide bonds. The smallest absolute Gasteiger partial charge is 0.344 e. The Labute approximate surface area is 323 Å². The summed E-state index contributed by atoms with van der Waals surface area (Å²) < 4.78 is 6.14. The minimum atomic E-state index is -1.26. The van der Waals surface area contributed by atoms with Crippen LogP contribution >= 0.6 is 0 Å². The molecule has 0 aliphatic heterocycles. The Kier molecular flexibility index (Phi) is 14.9. The predicted octanol–water partition coefficient (Wildman–Crippen LogP) is 8.30. The topological polar surface area (TPSA) is 114 Å². The molecule has 0 saturated heterocycles. The third kappa shape index (κ3) is 9.87. The second-order valence-corrected chi connectivity index (χ2v) is 17.8. The second-order valence-electron chi connectivity index (χ2n) is 17.8. The number of nitrogens with zero attached hydrogens (tertiary/aromatic N) is 2. The maximum atomic E-state index is 12.6. The average molecular weight is 888 g/mol. The van der Waals surface area contributed by atoms with E-state index >= 15 is 0 Å². The second kappa shape index (κ2) is 17.9. The number of hydrogen-bond donors (Lipinski definition) is 0. The number of allylic oxidation sites excluding steroid dienone is 5. The van der Waals surface area contributed by atoms with Gasteiger partial charge in [-0.15, -0.1) is 13.1 Å². The van der Waals surface area contributed by atoms with Crippen LogP contribution in [-0.4, -0.2) is 60.9 Å². The number of carbonyl (C=O) groups excluding carboxylic acids is 2. The first-order valence-corrected chi connectivity index (χ1v) is 19.9. The van der Waals surface area contributed by atoms with E-state index in [1.807, 2.05) is 0 Å². The zero-order valence-corrected chi connectivity index (χ0v) is 34.6. The summed E-state index contributed by atoms with van der Waals surface area (Å²) in [6.07, 6.45) is 22.4. The molecular formula is C42H66N3O5Pt-3. The van der Waals surface area contributed by atoms with Crippen LogP contribution < -0.4 is 5.11 Å². The molecule has 0 radical (unpaired) electrons. The molecule has 3 unspecified atom stereocenters. The monoisotopic (exact) mass is 887 g/mol. The molecule has 0 aromatic heterocycles. The van der Waals surface area contributed by atoms with Gasteiger partial charge in [0.15, 0.2) is 6.54 Å². The largest absolute Gasteiger partial charge is 0.676 e. The zero-order chi connectivity index (χ0) is 36.3. The Bertz CT molecular complexity index is 1300. The number of nitrogens with one attached hydrogen (secondary N) is 1. The van der Waals surface area contributed by atoms with E-state index in [1.54, 1.807) is 5.57 Å². The van der Waals surface area contributed by atoms with Crippen molar-refractivity contribution in [2.45, 2.75) is 137 Å². The standard InChI is InChI=1S/C42H67N3O5.Pt/c1-28(2)29(3)13-14-30(4)34-17-18-35-33-16-15-31-25-32(19-21-41(31,5)36(33)20-22-42(34,35)6)49-24-10-23-45(7,26-39(46)47)27-40(48)50-44-38-12-9-8-11-37(38)43;/h13-16,28-30,32,34-38,43H,7-12,17-27H2,1-6H3,(H,46,47);/q-2;/p-1/b14-13+;/t29-,30+,32-,34+,35?,36?,37+,38+,41+,42+,45?;/m0./s1. The number of carbonyl (C=O) groups is 2. The number of quaternary nitrogens is 1. The first kappa shape index (κ1) is 42.4. The molecule has 292 valence electrons. The van der Waals surface area contributed by atoms with Crippen molar-refractivity contribution in [3.05, 3.63) is 53.7 Å². The summed E-state index contributed by atoms with van der Waals surface area (Å²) in [7, 11) is 4.07. The molecule has 5 aliphatic carbocycles. The maximum Gasteiger partial charge on any atom is 0.344 e. The molecule has 4 saturated carbocycles. The Balaban J connectivity index is 0.00000583. The molecule has 11 atom stereocenters. The van der Waals surface area contributed by atoms with Gasteiger partial charge in [-0.1, -0.05) is 103 Å². The summed E-state index contributed by atoms with van der Waals surface area (Å²) in [4.78, 5) is 29.4. The van der Waals surface area contributed by atoms with Crippen molar-refractivity contribution < 1.29 is 49.8 Å². The molecular weight excluding hydrogens is 822 g/mol. The number of ether oxygens (including phenoxy) is 1. The number of aliphatic carboxylic acids is 1. The molecule has 5 aliphatic rings. The quantitative estimate of drug-likeness (QED) is 0.0540.